The fraction of sp³-hybridized carbons (Fsp3) is 0.238. The van der Waals surface area contributed by atoms with Crippen LogP contribution >= 0.6 is 11.6 Å². The second-order valence-electron chi connectivity index (χ2n) is 6.41. The van der Waals surface area contributed by atoms with E-state index < -0.39 is 5.82 Å². The lowest BCUT2D eigenvalue weighted by Crippen LogP contribution is -2.14. The molecule has 0 saturated heterocycles. The molecular weight excluding hydrogens is 381 g/mol. The lowest BCUT2D eigenvalue weighted by molar-refractivity contribution is -0.116. The molecule has 3 aromatic rings. The van der Waals surface area contributed by atoms with Crippen molar-refractivity contribution in [3.8, 4) is 11.4 Å². The topological polar surface area (TPSA) is 56.2 Å². The Morgan fingerprint density at radius 1 is 1.25 bits per heavy atom. The standard InChI is InChI=1S/C21H21ClFN3O2/c1-13-17(10-11-20(27)24-19-9-5-8-18(22)21(19)23)14(2)26(25-13)15-6-4-7-16(12-15)28-3/h4-9,12H,10-11H2,1-3H3,(H,24,27). The van der Waals surface area contributed by atoms with Gasteiger partial charge in [-0.15, -0.1) is 0 Å². The average Bonchev–Trinajstić information content (AvgIpc) is 2.97. The largest absolute Gasteiger partial charge is 0.497 e. The van der Waals surface area contributed by atoms with Crippen LogP contribution in [0.5, 0.6) is 5.75 Å². The van der Waals surface area contributed by atoms with Crippen LogP contribution in [0.1, 0.15) is 23.4 Å². The lowest BCUT2D eigenvalue weighted by Gasteiger charge is -2.08. The van der Waals surface area contributed by atoms with E-state index in [-0.39, 0.29) is 23.0 Å². The molecule has 5 nitrogen and oxygen atoms in total. The number of ether oxygens (including phenoxy) is 1. The van der Waals surface area contributed by atoms with Gasteiger partial charge in [0.05, 0.1) is 29.2 Å². The Morgan fingerprint density at radius 2 is 2.00 bits per heavy atom. The van der Waals surface area contributed by atoms with Crippen molar-refractivity contribution in [3.63, 3.8) is 0 Å². The van der Waals surface area contributed by atoms with Crippen LogP contribution < -0.4 is 10.1 Å². The lowest BCUT2D eigenvalue weighted by atomic mass is 10.1. The summed E-state index contributed by atoms with van der Waals surface area (Å²) in [6.07, 6.45) is 0.701. The highest BCUT2D eigenvalue weighted by atomic mass is 35.5. The van der Waals surface area contributed by atoms with E-state index in [2.05, 4.69) is 10.4 Å². The van der Waals surface area contributed by atoms with Gasteiger partial charge in [-0.2, -0.15) is 5.10 Å². The minimum absolute atomic E-state index is 0.0240. The Bertz CT molecular complexity index is 1020. The highest BCUT2D eigenvalue weighted by molar-refractivity contribution is 6.31. The maximum absolute atomic E-state index is 13.9. The first-order chi connectivity index (χ1) is 13.4. The number of hydrogen-bond acceptors (Lipinski definition) is 3. The highest BCUT2D eigenvalue weighted by Gasteiger charge is 2.16. The quantitative estimate of drug-likeness (QED) is 0.641. The molecule has 3 rings (SSSR count). The highest BCUT2D eigenvalue weighted by Crippen LogP contribution is 2.24. The summed E-state index contributed by atoms with van der Waals surface area (Å²) in [5, 5.41) is 7.14. The normalized spacial score (nSPS) is 10.8. The molecule has 0 saturated carbocycles. The molecule has 0 radical (unpaired) electrons. The molecule has 0 aliphatic heterocycles. The Balaban J connectivity index is 1.73. The molecule has 1 heterocycles. The van der Waals surface area contributed by atoms with Gasteiger partial charge in [0.15, 0.2) is 5.82 Å². The molecule has 0 spiro atoms. The van der Waals surface area contributed by atoms with Crippen molar-refractivity contribution in [2.45, 2.75) is 26.7 Å². The van der Waals surface area contributed by atoms with Crippen molar-refractivity contribution in [3.05, 3.63) is 70.3 Å². The number of aryl methyl sites for hydroxylation is 1. The summed E-state index contributed by atoms with van der Waals surface area (Å²) in [7, 11) is 1.62. The number of methoxy groups -OCH3 is 1. The van der Waals surface area contributed by atoms with Crippen molar-refractivity contribution in [2.75, 3.05) is 12.4 Å². The Morgan fingerprint density at radius 3 is 2.75 bits per heavy atom. The van der Waals surface area contributed by atoms with Gasteiger partial charge >= 0.3 is 0 Å². The fourth-order valence-electron chi connectivity index (χ4n) is 3.08. The van der Waals surface area contributed by atoms with Crippen molar-refractivity contribution in [2.24, 2.45) is 0 Å². The van der Waals surface area contributed by atoms with Crippen molar-refractivity contribution in [1.82, 2.24) is 9.78 Å². The smallest absolute Gasteiger partial charge is 0.224 e. The Kier molecular flexibility index (Phi) is 5.99. The molecule has 1 aromatic heterocycles. The van der Waals surface area contributed by atoms with Crippen molar-refractivity contribution < 1.29 is 13.9 Å². The van der Waals surface area contributed by atoms with Crippen molar-refractivity contribution in [1.29, 1.82) is 0 Å². The van der Waals surface area contributed by atoms with Crippen LogP contribution in [0.25, 0.3) is 5.69 Å². The van der Waals surface area contributed by atoms with Crippen LogP contribution in [0.4, 0.5) is 10.1 Å². The first-order valence-electron chi connectivity index (χ1n) is 8.84. The zero-order valence-corrected chi connectivity index (χ0v) is 16.7. The first kappa shape index (κ1) is 19.9. The molecule has 0 unspecified atom stereocenters. The van der Waals surface area contributed by atoms with E-state index in [0.29, 0.717) is 6.42 Å². The number of halogens is 2. The molecular formula is C21H21ClFN3O2. The SMILES string of the molecule is COc1cccc(-n2nc(C)c(CCC(=O)Nc3cccc(Cl)c3F)c2C)c1. The van der Waals surface area contributed by atoms with E-state index in [1.165, 1.54) is 12.1 Å². The van der Waals surface area contributed by atoms with Gasteiger partial charge in [0.1, 0.15) is 5.75 Å². The number of carbonyl (C=O) groups excluding carboxylic acids is 1. The van der Waals surface area contributed by atoms with Gasteiger partial charge < -0.3 is 10.1 Å². The third-order valence-electron chi connectivity index (χ3n) is 4.57. The molecule has 0 atom stereocenters. The molecule has 0 fully saturated rings. The number of amides is 1. The minimum atomic E-state index is -0.629. The molecule has 7 heteroatoms. The molecule has 2 aromatic carbocycles. The number of carbonyl (C=O) groups is 1. The number of nitrogens with zero attached hydrogens (tertiary/aromatic N) is 2. The molecule has 146 valence electrons. The van der Waals surface area contributed by atoms with E-state index in [1.807, 2.05) is 42.8 Å². The van der Waals surface area contributed by atoms with Crippen LogP contribution in [0.15, 0.2) is 42.5 Å². The van der Waals surface area contributed by atoms with Gasteiger partial charge in [-0.3, -0.25) is 4.79 Å². The van der Waals surface area contributed by atoms with Crippen LogP contribution in [-0.2, 0) is 11.2 Å². The number of aromatic nitrogens is 2. The van der Waals surface area contributed by atoms with Gasteiger partial charge in [0, 0.05) is 18.2 Å². The van der Waals surface area contributed by atoms with Crippen LogP contribution in [0.2, 0.25) is 5.02 Å². The summed E-state index contributed by atoms with van der Waals surface area (Å²) in [4.78, 5) is 12.3. The second kappa shape index (κ2) is 8.44. The zero-order valence-electron chi connectivity index (χ0n) is 15.9. The van der Waals surface area contributed by atoms with E-state index in [0.717, 1.165) is 28.4 Å². The predicted molar refractivity (Wildman–Crippen MR) is 108 cm³/mol. The zero-order chi connectivity index (χ0) is 20.3. The second-order valence-corrected chi connectivity index (χ2v) is 6.82. The maximum atomic E-state index is 13.9. The fourth-order valence-corrected chi connectivity index (χ4v) is 3.26. The van der Waals surface area contributed by atoms with Crippen LogP contribution in [-0.4, -0.2) is 22.8 Å². The third-order valence-corrected chi connectivity index (χ3v) is 4.86. The molecule has 1 N–H and O–H groups in total. The summed E-state index contributed by atoms with van der Waals surface area (Å²) in [6, 6.07) is 12.1. The van der Waals surface area contributed by atoms with E-state index >= 15 is 0 Å². The monoisotopic (exact) mass is 401 g/mol. The van der Waals surface area contributed by atoms with Gasteiger partial charge in [-0.25, -0.2) is 9.07 Å². The Hall–Kier alpha value is -2.86. The summed E-state index contributed by atoms with van der Waals surface area (Å²) in [5.41, 5.74) is 3.76. The van der Waals surface area contributed by atoms with E-state index in [4.69, 9.17) is 16.3 Å². The summed E-state index contributed by atoms with van der Waals surface area (Å²) < 4.78 is 21.0. The summed E-state index contributed by atoms with van der Waals surface area (Å²) >= 11 is 5.75. The average molecular weight is 402 g/mol. The number of nitrogens with one attached hydrogen (secondary N) is 1. The van der Waals surface area contributed by atoms with Gasteiger partial charge in [0.25, 0.3) is 0 Å². The molecule has 1 amide bonds. The third kappa shape index (κ3) is 4.17. The minimum Gasteiger partial charge on any atom is -0.497 e. The van der Waals surface area contributed by atoms with Crippen LogP contribution in [0.3, 0.4) is 0 Å². The van der Waals surface area contributed by atoms with Gasteiger partial charge in [-0.1, -0.05) is 23.7 Å². The predicted octanol–water partition coefficient (Wildman–Crippen LogP) is 4.86. The van der Waals surface area contributed by atoms with E-state index in [1.54, 1.807) is 13.2 Å². The maximum Gasteiger partial charge on any atom is 0.224 e. The molecule has 0 bridgehead atoms. The van der Waals surface area contributed by atoms with E-state index in [9.17, 15) is 9.18 Å². The van der Waals surface area contributed by atoms with Gasteiger partial charge in [0.2, 0.25) is 5.91 Å². The number of benzene rings is 2. The summed E-state index contributed by atoms with van der Waals surface area (Å²) in [5.74, 6) is -0.167. The van der Waals surface area contributed by atoms with Crippen LogP contribution in [0, 0.1) is 19.7 Å². The molecule has 0 aliphatic carbocycles. The summed E-state index contributed by atoms with van der Waals surface area (Å²) in [6.45, 7) is 3.87. The first-order valence-corrected chi connectivity index (χ1v) is 9.22. The molecule has 28 heavy (non-hydrogen) atoms. The van der Waals surface area contributed by atoms with Crippen molar-refractivity contribution >= 4 is 23.2 Å². The van der Waals surface area contributed by atoms with Gasteiger partial charge in [-0.05, 0) is 50.1 Å². The molecule has 0 aliphatic rings. The number of hydrogen-bond donors (Lipinski definition) is 1. The Labute approximate surface area is 168 Å². The number of anilines is 1. The number of rotatable bonds is 6.